The van der Waals surface area contributed by atoms with E-state index >= 15 is 0 Å². The third kappa shape index (κ3) is 5.16. The lowest BCUT2D eigenvalue weighted by Crippen LogP contribution is -2.57. The van der Waals surface area contributed by atoms with E-state index in [9.17, 15) is 0 Å². The van der Waals surface area contributed by atoms with Crippen LogP contribution in [0, 0.1) is 0 Å². The van der Waals surface area contributed by atoms with E-state index in [-0.39, 0.29) is 0 Å². The van der Waals surface area contributed by atoms with E-state index in [4.69, 9.17) is 8.23 Å². The van der Waals surface area contributed by atoms with Gasteiger partial charge in [-0.2, -0.15) is 0 Å². The van der Waals surface area contributed by atoms with Crippen LogP contribution in [0.2, 0.25) is 42.3 Å². The van der Waals surface area contributed by atoms with Crippen LogP contribution in [-0.2, 0) is 8.23 Å². The largest absolute Gasteiger partial charge is 0.436 e. The molecule has 0 unspecified atom stereocenters. The second-order valence-corrected chi connectivity index (χ2v) is 19.3. The zero-order valence-electron chi connectivity index (χ0n) is 15.6. The highest BCUT2D eigenvalue weighted by molar-refractivity contribution is 6.91. The van der Waals surface area contributed by atoms with Crippen molar-refractivity contribution < 1.29 is 8.23 Å². The molecule has 0 N–H and O–H groups in total. The Bertz CT molecular complexity index is 288. The Kier molecular flexibility index (Phi) is 9.59. The van der Waals surface area contributed by atoms with Crippen LogP contribution in [0.3, 0.4) is 0 Å². The van der Waals surface area contributed by atoms with E-state index < -0.39 is 25.2 Å². The monoisotopic (exact) mass is 346 g/mol. The maximum absolute atomic E-state index is 6.98. The average molecular weight is 347 g/mol. The SMILES string of the molecule is C=C[Si](CC)(CC)O[Si](CC)(CC)O[Si](CC)(CC)CC. The molecule has 0 aromatic heterocycles. The molecular weight excluding hydrogens is 308 g/mol. The van der Waals surface area contributed by atoms with Crippen molar-refractivity contribution in [3.05, 3.63) is 12.3 Å². The highest BCUT2D eigenvalue weighted by Gasteiger charge is 2.46. The molecule has 0 atom stereocenters. The molecule has 0 aromatic carbocycles. The van der Waals surface area contributed by atoms with E-state index in [2.05, 4.69) is 60.7 Å². The van der Waals surface area contributed by atoms with Crippen molar-refractivity contribution >= 4 is 25.2 Å². The van der Waals surface area contributed by atoms with Gasteiger partial charge in [-0.25, -0.2) is 0 Å². The summed E-state index contributed by atoms with van der Waals surface area (Å²) in [6.45, 7) is 20.1. The fourth-order valence-corrected chi connectivity index (χ4v) is 18.3. The average Bonchev–Trinajstić information content (AvgIpc) is 2.57. The summed E-state index contributed by atoms with van der Waals surface area (Å²) < 4.78 is 13.9. The van der Waals surface area contributed by atoms with E-state index in [1.54, 1.807) is 0 Å². The lowest BCUT2D eigenvalue weighted by molar-refractivity contribution is 0.365. The number of hydrogen-bond donors (Lipinski definition) is 0. The van der Waals surface area contributed by atoms with Gasteiger partial charge in [0, 0.05) is 0 Å². The van der Waals surface area contributed by atoms with Gasteiger partial charge in [-0.1, -0.05) is 54.2 Å². The maximum atomic E-state index is 6.98. The molecule has 21 heavy (non-hydrogen) atoms. The molecule has 0 spiro atoms. The Labute approximate surface area is 136 Å². The minimum Gasteiger partial charge on any atom is -0.436 e. The van der Waals surface area contributed by atoms with Gasteiger partial charge in [-0.05, 0) is 42.3 Å². The molecule has 5 heteroatoms. The summed E-state index contributed by atoms with van der Waals surface area (Å²) in [6.07, 6.45) is 0. The molecule has 0 amide bonds. The van der Waals surface area contributed by atoms with E-state index in [1.165, 1.54) is 18.1 Å². The molecule has 0 radical (unpaired) electrons. The highest BCUT2D eigenvalue weighted by Crippen LogP contribution is 2.34. The molecule has 2 nitrogen and oxygen atoms in total. The van der Waals surface area contributed by atoms with Crippen LogP contribution in [0.1, 0.15) is 48.5 Å². The molecule has 0 aromatic rings. The minimum atomic E-state index is -2.09. The van der Waals surface area contributed by atoms with Gasteiger partial charge < -0.3 is 8.23 Å². The smallest absolute Gasteiger partial charge is 0.317 e. The first-order valence-electron chi connectivity index (χ1n) is 8.94. The van der Waals surface area contributed by atoms with E-state index in [0.29, 0.717) is 0 Å². The van der Waals surface area contributed by atoms with Gasteiger partial charge >= 0.3 is 8.56 Å². The van der Waals surface area contributed by atoms with Crippen molar-refractivity contribution in [2.75, 3.05) is 0 Å². The van der Waals surface area contributed by atoms with Gasteiger partial charge in [-0.15, -0.1) is 6.58 Å². The number of hydrogen-bond acceptors (Lipinski definition) is 2. The first-order valence-corrected chi connectivity index (χ1v) is 16.1. The van der Waals surface area contributed by atoms with Crippen molar-refractivity contribution in [3.63, 3.8) is 0 Å². The first-order chi connectivity index (χ1) is 9.90. The van der Waals surface area contributed by atoms with Crippen LogP contribution in [-0.4, -0.2) is 25.2 Å². The summed E-state index contributed by atoms with van der Waals surface area (Å²) in [6, 6.07) is 7.99. The Morgan fingerprint density at radius 2 is 1.10 bits per heavy atom. The van der Waals surface area contributed by atoms with Gasteiger partial charge in [0.1, 0.15) is 0 Å². The van der Waals surface area contributed by atoms with Crippen molar-refractivity contribution in [1.29, 1.82) is 0 Å². The third-order valence-corrected chi connectivity index (χ3v) is 20.9. The summed E-state index contributed by atoms with van der Waals surface area (Å²) in [4.78, 5) is 0. The predicted molar refractivity (Wildman–Crippen MR) is 103 cm³/mol. The third-order valence-electron chi connectivity index (χ3n) is 5.37. The van der Waals surface area contributed by atoms with Crippen molar-refractivity contribution in [2.24, 2.45) is 0 Å². The normalized spacial score (nSPS) is 13.5. The molecule has 0 heterocycles. The van der Waals surface area contributed by atoms with Gasteiger partial charge in [0.2, 0.25) is 8.32 Å². The number of rotatable bonds is 12. The van der Waals surface area contributed by atoms with E-state index in [0.717, 1.165) is 24.2 Å². The molecule has 0 bridgehead atoms. The van der Waals surface area contributed by atoms with Gasteiger partial charge in [0.15, 0.2) is 8.32 Å². The Balaban J connectivity index is 5.47. The second kappa shape index (κ2) is 9.45. The lowest BCUT2D eigenvalue weighted by Gasteiger charge is -2.44. The lowest BCUT2D eigenvalue weighted by atomic mass is 10.9. The Morgan fingerprint density at radius 3 is 1.33 bits per heavy atom. The summed E-state index contributed by atoms with van der Waals surface area (Å²) in [7, 11) is -5.51. The Morgan fingerprint density at radius 1 is 0.667 bits per heavy atom. The van der Waals surface area contributed by atoms with Gasteiger partial charge in [-0.3, -0.25) is 0 Å². The minimum absolute atomic E-state index is 1.07. The summed E-state index contributed by atoms with van der Waals surface area (Å²) in [5.41, 5.74) is 2.15. The fourth-order valence-electron chi connectivity index (χ4n) is 3.02. The summed E-state index contributed by atoms with van der Waals surface area (Å²) in [5, 5.41) is 0. The maximum Gasteiger partial charge on any atom is 0.317 e. The van der Waals surface area contributed by atoms with Crippen molar-refractivity contribution in [1.82, 2.24) is 0 Å². The molecule has 0 fully saturated rings. The molecule has 126 valence electrons. The van der Waals surface area contributed by atoms with Crippen LogP contribution >= 0.6 is 0 Å². The topological polar surface area (TPSA) is 18.5 Å². The quantitative estimate of drug-likeness (QED) is 0.391. The zero-order valence-corrected chi connectivity index (χ0v) is 18.6. The molecular formula is C16H38O2Si3. The molecule has 0 aliphatic heterocycles. The van der Waals surface area contributed by atoms with Gasteiger partial charge in [0.25, 0.3) is 0 Å². The summed E-state index contributed by atoms with van der Waals surface area (Å²) >= 11 is 0. The first kappa shape index (κ1) is 21.3. The molecule has 0 aliphatic carbocycles. The molecule has 0 rings (SSSR count). The van der Waals surface area contributed by atoms with Gasteiger partial charge in [0.05, 0.1) is 0 Å². The van der Waals surface area contributed by atoms with Crippen LogP contribution in [0.15, 0.2) is 12.3 Å². The van der Waals surface area contributed by atoms with Crippen molar-refractivity contribution in [2.45, 2.75) is 90.8 Å². The summed E-state index contributed by atoms with van der Waals surface area (Å²) in [5.74, 6) is 0. The Hall–Kier alpha value is 0.311. The van der Waals surface area contributed by atoms with Crippen LogP contribution < -0.4 is 0 Å². The van der Waals surface area contributed by atoms with Crippen molar-refractivity contribution in [3.8, 4) is 0 Å². The van der Waals surface area contributed by atoms with E-state index in [1.807, 2.05) is 0 Å². The standard InChI is InChI=1S/C16H38O2Si3/c1-9-19(10-2,11-3)17-21(15-7,16-8)18-20(12-4,13-5)14-6/h9H,1,10-16H2,2-8H3. The van der Waals surface area contributed by atoms with Crippen LogP contribution in [0.5, 0.6) is 0 Å². The molecule has 0 saturated heterocycles. The highest BCUT2D eigenvalue weighted by atomic mass is 28.5. The zero-order chi connectivity index (χ0) is 16.6. The molecule has 0 saturated carbocycles. The molecule has 0 aliphatic rings. The predicted octanol–water partition coefficient (Wildman–Crippen LogP) is 6.22. The van der Waals surface area contributed by atoms with Crippen LogP contribution in [0.4, 0.5) is 0 Å². The second-order valence-electron chi connectivity index (χ2n) is 6.04. The fraction of sp³-hybridized carbons (Fsp3) is 0.875. The van der Waals surface area contributed by atoms with Crippen LogP contribution in [0.25, 0.3) is 0 Å².